The lowest BCUT2D eigenvalue weighted by molar-refractivity contribution is 0.679. The molecule has 0 unspecified atom stereocenters. The van der Waals surface area contributed by atoms with Gasteiger partial charge in [-0.2, -0.15) is 5.26 Å². The van der Waals surface area contributed by atoms with Crippen LogP contribution in [0, 0.1) is 11.3 Å². The fraction of sp³-hybridized carbons (Fsp3) is 0.462. The van der Waals surface area contributed by atoms with E-state index in [4.69, 9.17) is 5.26 Å². The maximum Gasteiger partial charge on any atom is 0.223 e. The number of anilines is 1. The first-order valence-electron chi connectivity index (χ1n) is 6.03. The van der Waals surface area contributed by atoms with E-state index < -0.39 is 0 Å². The topological polar surface area (TPSA) is 61.6 Å². The lowest BCUT2D eigenvalue weighted by atomic mass is 9.97. The molecule has 1 aromatic rings. The number of hydrogen-bond donors (Lipinski definition) is 1. The third-order valence-electron chi connectivity index (χ3n) is 2.88. The third-order valence-corrected chi connectivity index (χ3v) is 2.88. The summed E-state index contributed by atoms with van der Waals surface area (Å²) in [7, 11) is 0. The number of nitrogens with zero attached hydrogens (tertiary/aromatic N) is 3. The van der Waals surface area contributed by atoms with E-state index in [1.807, 2.05) is 6.07 Å². The average molecular weight is 228 g/mol. The molecule has 1 aliphatic rings. The molecule has 0 fully saturated rings. The van der Waals surface area contributed by atoms with Crippen molar-refractivity contribution in [2.45, 2.75) is 32.1 Å². The Kier molecular flexibility index (Phi) is 4.09. The molecule has 0 atom stereocenters. The Morgan fingerprint density at radius 2 is 2.35 bits per heavy atom. The monoisotopic (exact) mass is 228 g/mol. The van der Waals surface area contributed by atoms with Crippen LogP contribution in [0.25, 0.3) is 0 Å². The van der Waals surface area contributed by atoms with E-state index >= 15 is 0 Å². The highest BCUT2D eigenvalue weighted by Gasteiger charge is 2.03. The lowest BCUT2D eigenvalue weighted by Crippen LogP contribution is -2.07. The third kappa shape index (κ3) is 3.56. The molecule has 0 aliphatic heterocycles. The van der Waals surface area contributed by atoms with E-state index in [1.54, 1.807) is 12.3 Å². The van der Waals surface area contributed by atoms with Gasteiger partial charge >= 0.3 is 0 Å². The molecule has 0 amide bonds. The van der Waals surface area contributed by atoms with E-state index in [2.05, 4.69) is 21.4 Å². The van der Waals surface area contributed by atoms with Crippen LogP contribution in [0.1, 0.15) is 37.8 Å². The molecule has 0 bridgehead atoms. The van der Waals surface area contributed by atoms with Crippen LogP contribution in [0.3, 0.4) is 0 Å². The fourth-order valence-electron chi connectivity index (χ4n) is 1.97. The van der Waals surface area contributed by atoms with E-state index in [9.17, 15) is 0 Å². The zero-order valence-corrected chi connectivity index (χ0v) is 9.82. The van der Waals surface area contributed by atoms with Crippen molar-refractivity contribution in [3.05, 3.63) is 29.6 Å². The Labute approximate surface area is 101 Å². The lowest BCUT2D eigenvalue weighted by Gasteiger charge is -2.12. The molecule has 1 aromatic heterocycles. The van der Waals surface area contributed by atoms with Crippen molar-refractivity contribution in [2.24, 2.45) is 0 Å². The van der Waals surface area contributed by atoms with Crippen LogP contribution < -0.4 is 5.32 Å². The van der Waals surface area contributed by atoms with Crippen LogP contribution in [0.5, 0.6) is 0 Å². The second kappa shape index (κ2) is 6.00. The van der Waals surface area contributed by atoms with Crippen molar-refractivity contribution in [3.63, 3.8) is 0 Å². The fourth-order valence-corrected chi connectivity index (χ4v) is 1.97. The molecule has 0 saturated heterocycles. The van der Waals surface area contributed by atoms with E-state index in [0.717, 1.165) is 13.0 Å². The Hall–Kier alpha value is -1.89. The van der Waals surface area contributed by atoms with Gasteiger partial charge in [0.25, 0.3) is 0 Å². The number of hydrogen-bond acceptors (Lipinski definition) is 4. The maximum atomic E-state index is 8.71. The standard InChI is InChI=1S/C13H16N4/c14-10-12-7-9-16-13(17-12)15-8-6-11-4-2-1-3-5-11/h4,7,9H,1-3,5-6,8H2,(H,15,16,17). The molecular formula is C13H16N4. The van der Waals surface area contributed by atoms with Crippen molar-refractivity contribution < 1.29 is 0 Å². The first-order valence-corrected chi connectivity index (χ1v) is 6.03. The highest BCUT2D eigenvalue weighted by atomic mass is 15.1. The summed E-state index contributed by atoms with van der Waals surface area (Å²) >= 11 is 0. The van der Waals surface area contributed by atoms with Crippen LogP contribution in [0.2, 0.25) is 0 Å². The van der Waals surface area contributed by atoms with Crippen LogP contribution in [0.4, 0.5) is 5.95 Å². The number of nitrogens with one attached hydrogen (secondary N) is 1. The van der Waals surface area contributed by atoms with Crippen LogP contribution in [-0.2, 0) is 0 Å². The molecule has 0 spiro atoms. The molecule has 1 N–H and O–H groups in total. The minimum absolute atomic E-state index is 0.402. The van der Waals surface area contributed by atoms with Crippen molar-refractivity contribution in [3.8, 4) is 6.07 Å². The zero-order chi connectivity index (χ0) is 11.9. The molecule has 88 valence electrons. The number of nitriles is 1. The number of allylic oxidation sites excluding steroid dienone is 1. The molecule has 17 heavy (non-hydrogen) atoms. The summed E-state index contributed by atoms with van der Waals surface area (Å²) in [5, 5.41) is 11.9. The number of aromatic nitrogens is 2. The van der Waals surface area contributed by atoms with E-state index in [0.29, 0.717) is 11.6 Å². The first-order chi connectivity index (χ1) is 8.38. The van der Waals surface area contributed by atoms with Gasteiger partial charge < -0.3 is 5.32 Å². The molecule has 4 nitrogen and oxygen atoms in total. The summed E-state index contributed by atoms with van der Waals surface area (Å²) in [5.74, 6) is 0.542. The summed E-state index contributed by atoms with van der Waals surface area (Å²) in [4.78, 5) is 8.15. The highest BCUT2D eigenvalue weighted by molar-refractivity contribution is 5.30. The highest BCUT2D eigenvalue weighted by Crippen LogP contribution is 2.19. The smallest absolute Gasteiger partial charge is 0.223 e. The zero-order valence-electron chi connectivity index (χ0n) is 9.82. The molecule has 0 saturated carbocycles. The quantitative estimate of drug-likeness (QED) is 0.805. The van der Waals surface area contributed by atoms with Gasteiger partial charge in [-0.05, 0) is 38.2 Å². The molecule has 0 radical (unpaired) electrons. The van der Waals surface area contributed by atoms with Gasteiger partial charge in [0, 0.05) is 12.7 Å². The normalized spacial score (nSPS) is 14.9. The Morgan fingerprint density at radius 1 is 1.41 bits per heavy atom. The second-order valence-electron chi connectivity index (χ2n) is 4.16. The number of rotatable bonds is 4. The van der Waals surface area contributed by atoms with Crippen molar-refractivity contribution in [1.29, 1.82) is 5.26 Å². The summed E-state index contributed by atoms with van der Waals surface area (Å²) < 4.78 is 0. The van der Waals surface area contributed by atoms with Gasteiger partial charge in [0.1, 0.15) is 11.8 Å². The van der Waals surface area contributed by atoms with Crippen LogP contribution >= 0.6 is 0 Å². The molecule has 4 heteroatoms. The maximum absolute atomic E-state index is 8.71. The van der Waals surface area contributed by atoms with Gasteiger partial charge in [-0.25, -0.2) is 9.97 Å². The molecule has 1 aliphatic carbocycles. The predicted octanol–water partition coefficient (Wildman–Crippen LogP) is 2.65. The second-order valence-corrected chi connectivity index (χ2v) is 4.16. The summed E-state index contributed by atoms with van der Waals surface area (Å²) in [5.41, 5.74) is 1.93. The van der Waals surface area contributed by atoms with Crippen molar-refractivity contribution >= 4 is 5.95 Å². The largest absolute Gasteiger partial charge is 0.354 e. The van der Waals surface area contributed by atoms with E-state index in [-0.39, 0.29) is 0 Å². The summed E-state index contributed by atoms with van der Waals surface area (Å²) in [6.45, 7) is 0.834. The molecule has 0 aromatic carbocycles. The minimum atomic E-state index is 0.402. The van der Waals surface area contributed by atoms with Gasteiger partial charge in [-0.1, -0.05) is 11.6 Å². The molecule has 1 heterocycles. The van der Waals surface area contributed by atoms with Crippen molar-refractivity contribution in [2.75, 3.05) is 11.9 Å². The summed E-state index contributed by atoms with van der Waals surface area (Å²) in [6.07, 6.45) is 10.1. The molecule has 2 rings (SSSR count). The Balaban J connectivity index is 1.81. The Morgan fingerprint density at radius 3 is 3.12 bits per heavy atom. The predicted molar refractivity (Wildman–Crippen MR) is 66.4 cm³/mol. The van der Waals surface area contributed by atoms with Gasteiger partial charge in [0.2, 0.25) is 5.95 Å². The molecular weight excluding hydrogens is 212 g/mol. The van der Waals surface area contributed by atoms with E-state index in [1.165, 1.54) is 31.3 Å². The van der Waals surface area contributed by atoms with Gasteiger partial charge in [-0.3, -0.25) is 0 Å². The Bertz CT molecular complexity index is 445. The first kappa shape index (κ1) is 11.6. The summed E-state index contributed by atoms with van der Waals surface area (Å²) in [6, 6.07) is 3.61. The van der Waals surface area contributed by atoms with Gasteiger partial charge in [0.05, 0.1) is 0 Å². The van der Waals surface area contributed by atoms with Crippen molar-refractivity contribution in [1.82, 2.24) is 9.97 Å². The minimum Gasteiger partial charge on any atom is -0.354 e. The average Bonchev–Trinajstić information content (AvgIpc) is 2.40. The van der Waals surface area contributed by atoms with Crippen LogP contribution in [-0.4, -0.2) is 16.5 Å². The van der Waals surface area contributed by atoms with Crippen LogP contribution in [0.15, 0.2) is 23.9 Å². The van der Waals surface area contributed by atoms with Gasteiger partial charge in [-0.15, -0.1) is 0 Å². The SMILES string of the molecule is N#Cc1ccnc(NCCC2=CCCCC2)n1. The van der Waals surface area contributed by atoms with Gasteiger partial charge in [0.15, 0.2) is 0 Å².